The second kappa shape index (κ2) is 13.8. The topological polar surface area (TPSA) is 87.2 Å². The first-order valence-corrected chi connectivity index (χ1v) is 14.6. The number of esters is 1. The average molecular weight is 583 g/mol. The highest BCUT2D eigenvalue weighted by Gasteiger charge is 2.34. The van der Waals surface area contributed by atoms with Gasteiger partial charge in [0.2, 0.25) is 0 Å². The van der Waals surface area contributed by atoms with Crippen molar-refractivity contribution in [3.05, 3.63) is 114 Å². The summed E-state index contributed by atoms with van der Waals surface area (Å²) in [5, 5.41) is 3.99. The number of aromatic nitrogens is 1. The van der Waals surface area contributed by atoms with Gasteiger partial charge in [0.15, 0.2) is 0 Å². The molecule has 0 amide bonds. The van der Waals surface area contributed by atoms with Crippen molar-refractivity contribution >= 4 is 22.9 Å². The van der Waals surface area contributed by atoms with Gasteiger partial charge in [-0.25, -0.2) is 9.59 Å². The van der Waals surface area contributed by atoms with Gasteiger partial charge in [-0.1, -0.05) is 60.7 Å². The minimum atomic E-state index is -0.715. The van der Waals surface area contributed by atoms with Crippen molar-refractivity contribution in [1.82, 2.24) is 10.0 Å². The van der Waals surface area contributed by atoms with Crippen LogP contribution in [0, 0.1) is 0 Å². The zero-order valence-corrected chi connectivity index (χ0v) is 24.9. The van der Waals surface area contributed by atoms with Crippen LogP contribution in [-0.4, -0.2) is 53.6 Å². The lowest BCUT2D eigenvalue weighted by Gasteiger charge is -2.37. The lowest BCUT2D eigenvalue weighted by molar-refractivity contribution is -0.179. The number of pyridine rings is 1. The number of piperidine rings is 1. The van der Waals surface area contributed by atoms with E-state index in [0.29, 0.717) is 31.7 Å². The maximum absolute atomic E-state index is 12.4. The number of hydroxylamine groups is 2. The lowest BCUT2D eigenvalue weighted by Crippen LogP contribution is -2.45. The molecule has 0 radical (unpaired) electrons. The number of hydrogen-bond donors (Lipinski definition) is 0. The molecule has 0 N–H and O–H groups in total. The Morgan fingerprint density at radius 2 is 1.70 bits per heavy atom. The Morgan fingerprint density at radius 3 is 2.44 bits per heavy atom. The molecule has 0 spiro atoms. The van der Waals surface area contributed by atoms with Gasteiger partial charge >= 0.3 is 12.1 Å². The molecule has 2 unspecified atom stereocenters. The number of carbonyl (C=O) groups excluding carboxylic acids is 2. The summed E-state index contributed by atoms with van der Waals surface area (Å²) in [5.41, 5.74) is 3.10. The highest BCUT2D eigenvalue weighted by molar-refractivity contribution is 5.88. The summed E-state index contributed by atoms with van der Waals surface area (Å²) in [6.45, 7) is 7.13. The third-order valence-electron chi connectivity index (χ3n) is 7.32. The molecule has 8 nitrogen and oxygen atoms in total. The van der Waals surface area contributed by atoms with Gasteiger partial charge in [-0.3, -0.25) is 4.98 Å². The molecular weight excluding hydrogens is 544 g/mol. The molecule has 5 rings (SSSR count). The van der Waals surface area contributed by atoms with E-state index in [1.165, 1.54) is 17.0 Å². The zero-order chi connectivity index (χ0) is 30.2. The zero-order valence-electron chi connectivity index (χ0n) is 24.9. The number of hydrogen-bond acceptors (Lipinski definition) is 8. The molecule has 8 heteroatoms. The largest absolute Gasteiger partial charge is 0.528 e. The Labute approximate surface area is 252 Å². The van der Waals surface area contributed by atoms with E-state index in [1.807, 2.05) is 32.9 Å². The summed E-state index contributed by atoms with van der Waals surface area (Å²) in [6.07, 6.45) is 3.54. The minimum Gasteiger partial charge on any atom is -0.462 e. The third-order valence-corrected chi connectivity index (χ3v) is 7.32. The normalized spacial score (nSPS) is 17.4. The highest BCUT2D eigenvalue weighted by Crippen LogP contribution is 2.32. The fraction of sp³-hybridized carbons (Fsp3) is 0.343. The molecule has 224 valence electrons. The first-order valence-electron chi connectivity index (χ1n) is 14.6. The molecule has 0 bridgehead atoms. The van der Waals surface area contributed by atoms with Crippen molar-refractivity contribution in [1.29, 1.82) is 0 Å². The smallest absolute Gasteiger partial charge is 0.462 e. The van der Waals surface area contributed by atoms with Gasteiger partial charge in [0, 0.05) is 31.3 Å². The summed E-state index contributed by atoms with van der Waals surface area (Å²) in [4.78, 5) is 34.1. The Balaban J connectivity index is 1.23. The van der Waals surface area contributed by atoms with Crippen LogP contribution in [-0.2, 0) is 32.1 Å². The number of fused-ring (bicyclic) bond motifs is 1. The predicted octanol–water partition coefficient (Wildman–Crippen LogP) is 6.88. The van der Waals surface area contributed by atoms with Crippen molar-refractivity contribution in [3.63, 3.8) is 0 Å². The fourth-order valence-corrected chi connectivity index (χ4v) is 5.19. The van der Waals surface area contributed by atoms with Crippen LogP contribution in [0.1, 0.15) is 60.2 Å². The van der Waals surface area contributed by atoms with E-state index in [4.69, 9.17) is 19.0 Å². The van der Waals surface area contributed by atoms with Crippen molar-refractivity contribution in [2.24, 2.45) is 0 Å². The molecule has 0 aliphatic carbocycles. The van der Waals surface area contributed by atoms with Crippen LogP contribution in [0.15, 0.2) is 91.3 Å². The van der Waals surface area contributed by atoms with Crippen molar-refractivity contribution in [2.75, 3.05) is 19.7 Å². The molecule has 4 aromatic rings. The second-order valence-electron chi connectivity index (χ2n) is 11.7. The van der Waals surface area contributed by atoms with Gasteiger partial charge < -0.3 is 19.0 Å². The third kappa shape index (κ3) is 8.63. The van der Waals surface area contributed by atoms with Gasteiger partial charge in [-0.15, -0.1) is 5.06 Å². The van der Waals surface area contributed by atoms with Crippen molar-refractivity contribution in [3.8, 4) is 0 Å². The number of rotatable bonds is 9. The first kappa shape index (κ1) is 30.2. The molecule has 1 aliphatic heterocycles. The summed E-state index contributed by atoms with van der Waals surface area (Å²) in [6, 6.07) is 26.4. The Bertz CT molecular complexity index is 1520. The monoisotopic (exact) mass is 582 g/mol. The standard InChI is InChI=1S/C35H38N2O6/c1-35(2,3)42-34(39)43-37-19-16-31(32(23-37)41-24-26-12-13-27-7-4-5-8-29(27)21-26)28-14-10-25(11-15-28)17-20-40-33(38)30-9-6-18-36-22-30/h4-15,18,21-22,31-32H,16-17,19-20,23-24H2,1-3H3. The van der Waals surface area contributed by atoms with Crippen molar-refractivity contribution < 1.29 is 28.6 Å². The quantitative estimate of drug-likeness (QED) is 0.198. The fourth-order valence-electron chi connectivity index (χ4n) is 5.19. The molecule has 2 heterocycles. The van der Waals surface area contributed by atoms with Gasteiger partial charge in [-0.05, 0) is 72.9 Å². The van der Waals surface area contributed by atoms with E-state index in [2.05, 4.69) is 59.6 Å². The lowest BCUT2D eigenvalue weighted by atomic mass is 9.87. The average Bonchev–Trinajstić information content (AvgIpc) is 3.00. The molecular formula is C35H38N2O6. The number of benzene rings is 3. The van der Waals surface area contributed by atoms with Crippen LogP contribution in [0.3, 0.4) is 0 Å². The van der Waals surface area contributed by atoms with Crippen LogP contribution in [0.5, 0.6) is 0 Å². The summed E-state index contributed by atoms with van der Waals surface area (Å²) in [7, 11) is 0. The number of ether oxygens (including phenoxy) is 3. The van der Waals surface area contributed by atoms with E-state index in [0.717, 1.165) is 23.1 Å². The Morgan fingerprint density at radius 1 is 0.930 bits per heavy atom. The van der Waals surface area contributed by atoms with E-state index in [1.54, 1.807) is 23.4 Å². The molecule has 1 fully saturated rings. The molecule has 1 aliphatic rings. The van der Waals surface area contributed by atoms with E-state index in [9.17, 15) is 9.59 Å². The van der Waals surface area contributed by atoms with Gasteiger partial charge in [0.1, 0.15) is 5.60 Å². The summed E-state index contributed by atoms with van der Waals surface area (Å²) < 4.78 is 17.3. The van der Waals surface area contributed by atoms with Crippen LogP contribution < -0.4 is 0 Å². The first-order chi connectivity index (χ1) is 20.7. The number of nitrogens with zero attached hydrogens (tertiary/aromatic N) is 2. The highest BCUT2D eigenvalue weighted by atomic mass is 16.8. The van der Waals surface area contributed by atoms with Crippen molar-refractivity contribution in [2.45, 2.75) is 57.8 Å². The molecule has 43 heavy (non-hydrogen) atoms. The summed E-state index contributed by atoms with van der Waals surface area (Å²) in [5.74, 6) is -0.270. The molecule has 0 saturated carbocycles. The predicted molar refractivity (Wildman–Crippen MR) is 163 cm³/mol. The van der Waals surface area contributed by atoms with E-state index in [-0.39, 0.29) is 24.6 Å². The molecule has 3 aromatic carbocycles. The second-order valence-corrected chi connectivity index (χ2v) is 11.7. The molecule has 1 aromatic heterocycles. The van der Waals surface area contributed by atoms with Crippen LogP contribution >= 0.6 is 0 Å². The summed E-state index contributed by atoms with van der Waals surface area (Å²) >= 11 is 0. The Kier molecular flexibility index (Phi) is 9.69. The molecule has 2 atom stereocenters. The van der Waals surface area contributed by atoms with Crippen LogP contribution in [0.25, 0.3) is 10.8 Å². The molecule has 1 saturated heterocycles. The van der Waals surface area contributed by atoms with E-state index < -0.39 is 11.8 Å². The van der Waals surface area contributed by atoms with Crippen LogP contribution in [0.4, 0.5) is 4.79 Å². The SMILES string of the molecule is CC(C)(C)OC(=O)ON1CCC(c2ccc(CCOC(=O)c3cccnc3)cc2)C(OCc2ccc3ccccc3c2)C1. The van der Waals surface area contributed by atoms with E-state index >= 15 is 0 Å². The maximum atomic E-state index is 12.4. The van der Waals surface area contributed by atoms with Crippen LogP contribution in [0.2, 0.25) is 0 Å². The number of carbonyl (C=O) groups is 2. The Hall–Kier alpha value is -4.27. The van der Waals surface area contributed by atoms with Gasteiger partial charge in [-0.2, -0.15) is 0 Å². The maximum Gasteiger partial charge on any atom is 0.528 e. The van der Waals surface area contributed by atoms with Gasteiger partial charge in [0.25, 0.3) is 0 Å². The van der Waals surface area contributed by atoms with Gasteiger partial charge in [0.05, 0.1) is 31.4 Å². The minimum absolute atomic E-state index is 0.108.